The van der Waals surface area contributed by atoms with Crippen LogP contribution in [0.3, 0.4) is 0 Å². The van der Waals surface area contributed by atoms with Gasteiger partial charge in [0, 0.05) is 11.5 Å². The van der Waals surface area contributed by atoms with Crippen molar-refractivity contribution in [3.63, 3.8) is 0 Å². The van der Waals surface area contributed by atoms with E-state index in [1.807, 2.05) is 31.2 Å². The monoisotopic (exact) mass is 385 g/mol. The maximum atomic E-state index is 11.9. The van der Waals surface area contributed by atoms with Crippen molar-refractivity contribution in [1.82, 2.24) is 4.72 Å². The van der Waals surface area contributed by atoms with Crippen molar-refractivity contribution >= 4 is 16.1 Å². The summed E-state index contributed by atoms with van der Waals surface area (Å²) in [5.41, 5.74) is 1.93. The fourth-order valence-corrected chi connectivity index (χ4v) is 2.94. The molecule has 7 heteroatoms. The van der Waals surface area contributed by atoms with Crippen molar-refractivity contribution in [1.29, 1.82) is 0 Å². The van der Waals surface area contributed by atoms with Crippen LogP contribution in [0.4, 0.5) is 0 Å². The summed E-state index contributed by atoms with van der Waals surface area (Å²) in [4.78, 5) is 0. The summed E-state index contributed by atoms with van der Waals surface area (Å²) in [6.45, 7) is 2.32. The number of benzene rings is 2. The zero-order valence-corrected chi connectivity index (χ0v) is 15.6. The van der Waals surface area contributed by atoms with Gasteiger partial charge in [-0.25, -0.2) is 8.42 Å². The van der Waals surface area contributed by atoms with E-state index < -0.39 is 10.0 Å². The van der Waals surface area contributed by atoms with Crippen LogP contribution in [0.15, 0.2) is 47.9 Å². The molecule has 0 bridgehead atoms. The second-order valence-corrected chi connectivity index (χ2v) is 7.39. The maximum Gasteiger partial charge on any atom is 0.234 e. The van der Waals surface area contributed by atoms with Gasteiger partial charge in [-0.2, -0.15) is 4.72 Å². The van der Waals surface area contributed by atoms with Crippen molar-refractivity contribution in [3.8, 4) is 29.1 Å². The zero-order valence-electron chi connectivity index (χ0n) is 14.8. The molecule has 2 aromatic carbocycles. The van der Waals surface area contributed by atoms with Gasteiger partial charge < -0.3 is 14.2 Å². The molecule has 0 fully saturated rings. The van der Waals surface area contributed by atoms with Gasteiger partial charge in [-0.1, -0.05) is 41.7 Å². The highest BCUT2D eigenvalue weighted by molar-refractivity contribution is 7.92. The normalized spacial score (nSPS) is 12.6. The van der Waals surface area contributed by atoms with Gasteiger partial charge in [0.2, 0.25) is 16.8 Å². The molecular formula is C20H19NO5S. The number of rotatable bonds is 6. The Bertz CT molecular complexity index is 985. The molecule has 1 aliphatic heterocycles. The zero-order chi connectivity index (χ0) is 19.1. The van der Waals surface area contributed by atoms with E-state index in [4.69, 9.17) is 14.2 Å². The molecule has 1 heterocycles. The predicted octanol–water partition coefficient (Wildman–Crippen LogP) is 2.70. The van der Waals surface area contributed by atoms with Crippen molar-refractivity contribution in [2.75, 3.05) is 19.9 Å². The molecule has 0 radical (unpaired) electrons. The predicted molar refractivity (Wildman–Crippen MR) is 103 cm³/mol. The summed E-state index contributed by atoms with van der Waals surface area (Å²) in [6, 6.07) is 12.8. The summed E-state index contributed by atoms with van der Waals surface area (Å²) < 4.78 is 42.2. The molecular weight excluding hydrogens is 366 g/mol. The summed E-state index contributed by atoms with van der Waals surface area (Å²) in [6.07, 6.45) is 1.54. The molecule has 2 aromatic rings. The van der Waals surface area contributed by atoms with E-state index in [9.17, 15) is 8.42 Å². The molecule has 0 aromatic heterocycles. The highest BCUT2D eigenvalue weighted by Gasteiger charge is 2.13. The van der Waals surface area contributed by atoms with E-state index in [1.54, 1.807) is 18.2 Å². The van der Waals surface area contributed by atoms with Crippen LogP contribution >= 0.6 is 0 Å². The lowest BCUT2D eigenvalue weighted by atomic mass is 10.2. The molecule has 6 nitrogen and oxygen atoms in total. The van der Waals surface area contributed by atoms with Gasteiger partial charge in [-0.15, -0.1) is 0 Å². The first-order valence-corrected chi connectivity index (χ1v) is 9.79. The summed E-state index contributed by atoms with van der Waals surface area (Å²) in [7, 11) is -3.54. The number of hydrogen-bond acceptors (Lipinski definition) is 5. The Hall–Kier alpha value is -2.95. The van der Waals surface area contributed by atoms with E-state index in [0.29, 0.717) is 17.2 Å². The van der Waals surface area contributed by atoms with E-state index in [1.165, 1.54) is 6.08 Å². The van der Waals surface area contributed by atoms with Gasteiger partial charge in [-0.05, 0) is 30.7 Å². The number of fused-ring (bicyclic) bond motifs is 1. The maximum absolute atomic E-state index is 11.9. The first kappa shape index (κ1) is 18.8. The summed E-state index contributed by atoms with van der Waals surface area (Å²) in [5.74, 6) is 7.40. The van der Waals surface area contributed by atoms with Crippen LogP contribution in [0.2, 0.25) is 0 Å². The lowest BCUT2D eigenvalue weighted by Gasteiger charge is -2.02. The van der Waals surface area contributed by atoms with E-state index >= 15 is 0 Å². The van der Waals surface area contributed by atoms with E-state index in [-0.39, 0.29) is 19.9 Å². The Labute approximate surface area is 158 Å². The fraction of sp³-hybridized carbons (Fsp3) is 0.200. The lowest BCUT2D eigenvalue weighted by Crippen LogP contribution is -2.21. The number of nitrogens with one attached hydrogen (secondary N) is 1. The molecule has 1 aliphatic rings. The Balaban J connectivity index is 1.43. The highest BCUT2D eigenvalue weighted by Crippen LogP contribution is 2.34. The van der Waals surface area contributed by atoms with Gasteiger partial charge in [0.1, 0.15) is 12.4 Å². The van der Waals surface area contributed by atoms with Gasteiger partial charge >= 0.3 is 0 Å². The third-order valence-electron chi connectivity index (χ3n) is 3.66. The minimum Gasteiger partial charge on any atom is -0.481 e. The topological polar surface area (TPSA) is 73.9 Å². The molecule has 3 rings (SSSR count). The van der Waals surface area contributed by atoms with Crippen LogP contribution in [-0.4, -0.2) is 28.4 Å². The average Bonchev–Trinajstić information content (AvgIpc) is 3.12. The number of aryl methyl sites for hydroxylation is 1. The molecule has 27 heavy (non-hydrogen) atoms. The van der Waals surface area contributed by atoms with Gasteiger partial charge in [-0.3, -0.25) is 0 Å². The highest BCUT2D eigenvalue weighted by atomic mass is 32.2. The lowest BCUT2D eigenvalue weighted by molar-refractivity contribution is 0.174. The van der Waals surface area contributed by atoms with Crippen LogP contribution in [0, 0.1) is 18.8 Å². The Morgan fingerprint density at radius 1 is 1.11 bits per heavy atom. The molecule has 0 aliphatic carbocycles. The van der Waals surface area contributed by atoms with Crippen LogP contribution in [-0.2, 0) is 10.0 Å². The van der Waals surface area contributed by atoms with Crippen molar-refractivity contribution < 1.29 is 22.6 Å². The van der Waals surface area contributed by atoms with Gasteiger partial charge in [0.05, 0.1) is 6.54 Å². The number of ether oxygens (including phenoxy) is 3. The Kier molecular flexibility index (Phi) is 6.01. The second kappa shape index (κ2) is 8.62. The molecule has 140 valence electrons. The van der Waals surface area contributed by atoms with E-state index in [0.717, 1.165) is 16.5 Å². The molecule has 0 saturated carbocycles. The summed E-state index contributed by atoms with van der Waals surface area (Å²) >= 11 is 0. The van der Waals surface area contributed by atoms with Crippen LogP contribution in [0.5, 0.6) is 17.2 Å². The molecule has 1 N–H and O–H groups in total. The standard InChI is InChI=1S/C20H19NO5S/c1-16-4-6-17(7-5-16)10-13-27(22,23)21-11-2-3-12-24-18-8-9-19-20(14-18)26-15-25-19/h4-10,13-14,21H,11-12,15H2,1H3/b13-10+. The van der Waals surface area contributed by atoms with Crippen LogP contribution in [0.1, 0.15) is 11.1 Å². The van der Waals surface area contributed by atoms with Crippen molar-refractivity contribution in [3.05, 3.63) is 59.0 Å². The quantitative estimate of drug-likeness (QED) is 0.774. The van der Waals surface area contributed by atoms with Crippen molar-refractivity contribution in [2.24, 2.45) is 0 Å². The van der Waals surface area contributed by atoms with Crippen LogP contribution in [0.25, 0.3) is 6.08 Å². The number of sulfonamides is 1. The molecule has 0 spiro atoms. The smallest absolute Gasteiger partial charge is 0.234 e. The minimum atomic E-state index is -3.54. The van der Waals surface area contributed by atoms with Gasteiger partial charge in [0.15, 0.2) is 11.5 Å². The third-order valence-corrected chi connectivity index (χ3v) is 4.70. The molecule has 0 unspecified atom stereocenters. The fourth-order valence-electron chi connectivity index (χ4n) is 2.23. The Morgan fingerprint density at radius 3 is 2.70 bits per heavy atom. The third kappa shape index (κ3) is 5.78. The first-order valence-electron chi connectivity index (χ1n) is 8.24. The minimum absolute atomic E-state index is 0.00503. The Morgan fingerprint density at radius 2 is 1.89 bits per heavy atom. The summed E-state index contributed by atoms with van der Waals surface area (Å²) in [5, 5.41) is 1.13. The average molecular weight is 385 g/mol. The van der Waals surface area contributed by atoms with Crippen molar-refractivity contribution in [2.45, 2.75) is 6.92 Å². The molecule has 0 atom stereocenters. The molecule has 0 saturated heterocycles. The van der Waals surface area contributed by atoms with Crippen LogP contribution < -0.4 is 18.9 Å². The largest absolute Gasteiger partial charge is 0.481 e. The second-order valence-electron chi connectivity index (χ2n) is 5.74. The molecule has 0 amide bonds. The first-order chi connectivity index (χ1) is 13.0. The SMILES string of the molecule is Cc1ccc(/C=C/S(=O)(=O)NCC#CCOc2ccc3c(c2)OCO3)cc1. The van der Waals surface area contributed by atoms with E-state index in [2.05, 4.69) is 16.6 Å². The number of hydrogen-bond donors (Lipinski definition) is 1. The van der Waals surface area contributed by atoms with Gasteiger partial charge in [0.25, 0.3) is 0 Å².